The van der Waals surface area contributed by atoms with E-state index in [-0.39, 0.29) is 28.9 Å². The van der Waals surface area contributed by atoms with Crippen molar-refractivity contribution in [3.63, 3.8) is 0 Å². The van der Waals surface area contributed by atoms with Crippen molar-refractivity contribution in [1.82, 2.24) is 5.32 Å². The fourth-order valence-electron chi connectivity index (χ4n) is 2.20. The summed E-state index contributed by atoms with van der Waals surface area (Å²) in [4.78, 5) is 11.8. The molecule has 1 aliphatic rings. The summed E-state index contributed by atoms with van der Waals surface area (Å²) in [5.74, 6) is -0.750. The largest absolute Gasteiger partial charge is 0.484 e. The minimum atomic E-state index is -3.09. The van der Waals surface area contributed by atoms with Gasteiger partial charge in [0.05, 0.1) is 22.1 Å². The Labute approximate surface area is 127 Å². The zero-order valence-electron chi connectivity index (χ0n) is 11.4. The Hall–Kier alpha value is -1.34. The van der Waals surface area contributed by atoms with E-state index in [0.29, 0.717) is 6.42 Å². The van der Waals surface area contributed by atoms with Crippen LogP contribution >= 0.6 is 11.6 Å². The lowest BCUT2D eigenvalue weighted by molar-refractivity contribution is -0.124. The fourth-order valence-corrected chi connectivity index (χ4v) is 4.46. The van der Waals surface area contributed by atoms with Gasteiger partial charge in [-0.05, 0) is 25.5 Å². The maximum absolute atomic E-state index is 13.0. The number of nitrogens with one attached hydrogen (secondary N) is 1. The number of hydrogen-bond donors (Lipinski definition) is 1. The molecule has 1 aliphatic heterocycles. The van der Waals surface area contributed by atoms with Crippen LogP contribution in [0.1, 0.15) is 13.3 Å². The molecule has 1 saturated heterocycles. The van der Waals surface area contributed by atoms with Crippen LogP contribution in [0.5, 0.6) is 5.75 Å². The van der Waals surface area contributed by atoms with Gasteiger partial charge in [-0.3, -0.25) is 4.79 Å². The number of halogens is 2. The van der Waals surface area contributed by atoms with Crippen LogP contribution in [-0.4, -0.2) is 38.0 Å². The lowest BCUT2D eigenvalue weighted by atomic mass is 10.0. The van der Waals surface area contributed by atoms with Gasteiger partial charge in [-0.25, -0.2) is 12.8 Å². The van der Waals surface area contributed by atoms with Gasteiger partial charge >= 0.3 is 0 Å². The maximum Gasteiger partial charge on any atom is 0.258 e. The summed E-state index contributed by atoms with van der Waals surface area (Å²) in [6.07, 6.45) is 0.378. The van der Waals surface area contributed by atoms with E-state index in [4.69, 9.17) is 16.3 Å². The zero-order chi connectivity index (χ0) is 15.7. The van der Waals surface area contributed by atoms with E-state index in [1.807, 2.05) is 0 Å². The van der Waals surface area contributed by atoms with Crippen molar-refractivity contribution in [1.29, 1.82) is 0 Å². The highest BCUT2D eigenvalue weighted by Crippen LogP contribution is 2.23. The second-order valence-electron chi connectivity index (χ2n) is 5.32. The van der Waals surface area contributed by atoms with E-state index >= 15 is 0 Å². The summed E-state index contributed by atoms with van der Waals surface area (Å²) in [6, 6.07) is 3.77. The molecule has 5 nitrogen and oxygen atoms in total. The molecule has 0 aromatic heterocycles. The first-order chi connectivity index (χ1) is 9.69. The van der Waals surface area contributed by atoms with Gasteiger partial charge in [0.25, 0.3) is 5.91 Å². The number of carbonyl (C=O) groups is 1. The van der Waals surface area contributed by atoms with E-state index in [1.165, 1.54) is 12.1 Å². The molecule has 1 heterocycles. The molecule has 21 heavy (non-hydrogen) atoms. The van der Waals surface area contributed by atoms with Gasteiger partial charge in [0, 0.05) is 6.07 Å². The lowest BCUT2D eigenvalue weighted by Crippen LogP contribution is -2.48. The van der Waals surface area contributed by atoms with Crippen LogP contribution in [0.3, 0.4) is 0 Å². The molecule has 0 spiro atoms. The van der Waals surface area contributed by atoms with Crippen LogP contribution in [0, 0.1) is 5.82 Å². The van der Waals surface area contributed by atoms with Crippen LogP contribution in [0.15, 0.2) is 18.2 Å². The second-order valence-corrected chi connectivity index (χ2v) is 7.91. The van der Waals surface area contributed by atoms with E-state index in [1.54, 1.807) is 6.92 Å². The fraction of sp³-hybridized carbons (Fsp3) is 0.462. The number of carbonyl (C=O) groups excluding carboxylic acids is 1. The topological polar surface area (TPSA) is 72.5 Å². The van der Waals surface area contributed by atoms with Crippen molar-refractivity contribution in [3.8, 4) is 5.75 Å². The molecule has 1 aromatic rings. The summed E-state index contributed by atoms with van der Waals surface area (Å²) in [5.41, 5.74) is -0.764. The van der Waals surface area contributed by atoms with Crippen molar-refractivity contribution in [2.75, 3.05) is 18.1 Å². The molecule has 1 unspecified atom stereocenters. The normalized spacial score (nSPS) is 23.8. The highest BCUT2D eigenvalue weighted by molar-refractivity contribution is 7.91. The van der Waals surface area contributed by atoms with Crippen molar-refractivity contribution in [3.05, 3.63) is 29.0 Å². The maximum atomic E-state index is 13.0. The van der Waals surface area contributed by atoms with E-state index in [2.05, 4.69) is 5.32 Å². The predicted octanol–water partition coefficient (Wildman–Crippen LogP) is 1.55. The van der Waals surface area contributed by atoms with Crippen molar-refractivity contribution in [2.24, 2.45) is 0 Å². The van der Waals surface area contributed by atoms with Gasteiger partial charge in [-0.15, -0.1) is 0 Å². The van der Waals surface area contributed by atoms with Crippen molar-refractivity contribution < 1.29 is 22.3 Å². The van der Waals surface area contributed by atoms with Gasteiger partial charge in [0.15, 0.2) is 16.4 Å². The van der Waals surface area contributed by atoms with E-state index in [9.17, 15) is 17.6 Å². The summed E-state index contributed by atoms with van der Waals surface area (Å²) in [6.45, 7) is 1.39. The first kappa shape index (κ1) is 16.0. The number of sulfone groups is 1. The summed E-state index contributed by atoms with van der Waals surface area (Å²) in [5, 5.41) is 2.56. The second kappa shape index (κ2) is 5.81. The number of amides is 1. The SMILES string of the molecule is CC1(NC(=O)COc2ccc(F)c(Cl)c2)CCS(=O)(=O)C1. The summed E-state index contributed by atoms with van der Waals surface area (Å²) in [7, 11) is -3.09. The number of benzene rings is 1. The van der Waals surface area contributed by atoms with E-state index < -0.39 is 27.1 Å². The van der Waals surface area contributed by atoms with Gasteiger partial charge in [0.2, 0.25) is 0 Å². The quantitative estimate of drug-likeness (QED) is 0.906. The number of hydrogen-bond acceptors (Lipinski definition) is 4. The molecule has 1 aromatic carbocycles. The Morgan fingerprint density at radius 2 is 2.24 bits per heavy atom. The van der Waals surface area contributed by atoms with Crippen molar-refractivity contribution >= 4 is 27.3 Å². The van der Waals surface area contributed by atoms with Gasteiger partial charge in [-0.1, -0.05) is 11.6 Å². The molecule has 1 atom stereocenters. The number of ether oxygens (including phenoxy) is 1. The highest BCUT2D eigenvalue weighted by atomic mass is 35.5. The molecule has 1 fully saturated rings. The Morgan fingerprint density at radius 3 is 2.81 bits per heavy atom. The molecule has 0 bridgehead atoms. The first-order valence-corrected chi connectivity index (χ1v) is 8.48. The summed E-state index contributed by atoms with van der Waals surface area (Å²) >= 11 is 5.60. The lowest BCUT2D eigenvalue weighted by Gasteiger charge is -2.23. The molecule has 8 heteroatoms. The van der Waals surface area contributed by atoms with Crippen molar-refractivity contribution in [2.45, 2.75) is 18.9 Å². The predicted molar refractivity (Wildman–Crippen MR) is 76.7 cm³/mol. The average molecular weight is 336 g/mol. The number of rotatable bonds is 4. The highest BCUT2D eigenvalue weighted by Gasteiger charge is 2.39. The molecule has 1 N–H and O–H groups in total. The third-order valence-electron chi connectivity index (χ3n) is 3.21. The van der Waals surface area contributed by atoms with Crippen LogP contribution in [0.25, 0.3) is 0 Å². The average Bonchev–Trinajstić information content (AvgIpc) is 2.65. The van der Waals surface area contributed by atoms with Crippen LogP contribution < -0.4 is 10.1 Å². The Morgan fingerprint density at radius 1 is 1.52 bits per heavy atom. The standard InChI is InChI=1S/C13H15ClFNO4S/c1-13(4-5-21(18,19)8-13)16-12(17)7-20-9-2-3-11(15)10(14)6-9/h2-3,6H,4-5,7-8H2,1H3,(H,16,17). The molecule has 0 aliphatic carbocycles. The molecular formula is C13H15ClFNO4S. The monoisotopic (exact) mass is 335 g/mol. The molecule has 116 valence electrons. The third-order valence-corrected chi connectivity index (χ3v) is 5.40. The molecule has 1 amide bonds. The zero-order valence-corrected chi connectivity index (χ0v) is 12.9. The van der Waals surface area contributed by atoms with E-state index in [0.717, 1.165) is 6.07 Å². The van der Waals surface area contributed by atoms with Crippen LogP contribution in [-0.2, 0) is 14.6 Å². The van der Waals surface area contributed by atoms with Crippen LogP contribution in [0.4, 0.5) is 4.39 Å². The Bertz CT molecular complexity index is 664. The van der Waals surface area contributed by atoms with Crippen LogP contribution in [0.2, 0.25) is 5.02 Å². The molecule has 0 radical (unpaired) electrons. The summed E-state index contributed by atoms with van der Waals surface area (Å²) < 4.78 is 41.1. The Kier molecular flexibility index (Phi) is 4.43. The molecule has 0 saturated carbocycles. The third kappa shape index (κ3) is 4.31. The first-order valence-electron chi connectivity index (χ1n) is 6.28. The minimum absolute atomic E-state index is 0.0677. The Balaban J connectivity index is 1.89. The van der Waals surface area contributed by atoms with Gasteiger partial charge in [0.1, 0.15) is 11.6 Å². The van der Waals surface area contributed by atoms with Gasteiger partial charge < -0.3 is 10.1 Å². The molecular weight excluding hydrogens is 321 g/mol. The molecule has 2 rings (SSSR count). The minimum Gasteiger partial charge on any atom is -0.484 e. The smallest absolute Gasteiger partial charge is 0.258 e. The van der Waals surface area contributed by atoms with Gasteiger partial charge in [-0.2, -0.15) is 0 Å².